The molecule has 1 aromatic rings. The first-order valence-corrected chi connectivity index (χ1v) is 8.32. The summed E-state index contributed by atoms with van der Waals surface area (Å²) in [6.07, 6.45) is 1.95. The lowest BCUT2D eigenvalue weighted by molar-refractivity contribution is -0.117. The number of nitrogens with zero attached hydrogens (tertiary/aromatic N) is 2. The van der Waals surface area contributed by atoms with Crippen molar-refractivity contribution < 1.29 is 14.3 Å². The Morgan fingerprint density at radius 2 is 2.04 bits per heavy atom. The number of ether oxygens (including phenoxy) is 1. The number of nitrogens with one attached hydrogen (secondary N) is 1. The lowest BCUT2D eigenvalue weighted by Gasteiger charge is -2.27. The van der Waals surface area contributed by atoms with Crippen molar-refractivity contribution in [1.29, 1.82) is 0 Å². The standard InChI is InChI=1S/C18H27N3O3/c1-13-7-5-9-16(14(13)2)19-17(22)12-21(18(23)20(3)4)11-15-8-6-10-24-15/h5,7,9,15H,6,8,10-12H2,1-4H3,(H,19,22)/t15-/m1/s1. The Bertz CT molecular complexity index is 595. The zero-order valence-corrected chi connectivity index (χ0v) is 15.0. The Morgan fingerprint density at radius 1 is 1.29 bits per heavy atom. The molecule has 1 aliphatic heterocycles. The first-order chi connectivity index (χ1) is 11.4. The van der Waals surface area contributed by atoms with Crippen LogP contribution in [-0.4, -0.2) is 61.6 Å². The van der Waals surface area contributed by atoms with Gasteiger partial charge in [0.1, 0.15) is 6.54 Å². The number of hydrogen-bond donors (Lipinski definition) is 1. The Labute approximate surface area is 143 Å². The van der Waals surface area contributed by atoms with E-state index in [9.17, 15) is 9.59 Å². The maximum atomic E-state index is 12.4. The molecule has 1 atom stereocenters. The Kier molecular flexibility index (Phi) is 6.20. The van der Waals surface area contributed by atoms with Crippen LogP contribution in [0.25, 0.3) is 0 Å². The summed E-state index contributed by atoms with van der Waals surface area (Å²) in [6.45, 7) is 5.16. The van der Waals surface area contributed by atoms with E-state index in [1.165, 1.54) is 4.90 Å². The summed E-state index contributed by atoms with van der Waals surface area (Å²) in [5.41, 5.74) is 2.94. The molecule has 1 heterocycles. The lowest BCUT2D eigenvalue weighted by Crippen LogP contribution is -2.46. The highest BCUT2D eigenvalue weighted by molar-refractivity contribution is 5.95. The van der Waals surface area contributed by atoms with E-state index >= 15 is 0 Å². The average Bonchev–Trinajstić information content (AvgIpc) is 3.03. The molecule has 1 N–H and O–H groups in total. The van der Waals surface area contributed by atoms with E-state index in [0.29, 0.717) is 6.54 Å². The molecule has 1 saturated heterocycles. The van der Waals surface area contributed by atoms with Gasteiger partial charge in [-0.1, -0.05) is 12.1 Å². The fraction of sp³-hybridized carbons (Fsp3) is 0.556. The molecule has 0 radical (unpaired) electrons. The molecule has 0 saturated carbocycles. The number of urea groups is 1. The molecule has 0 spiro atoms. The van der Waals surface area contributed by atoms with Gasteiger partial charge in [-0.2, -0.15) is 0 Å². The van der Waals surface area contributed by atoms with Gasteiger partial charge < -0.3 is 19.9 Å². The van der Waals surface area contributed by atoms with Crippen LogP contribution in [0.3, 0.4) is 0 Å². The van der Waals surface area contributed by atoms with Gasteiger partial charge in [0.2, 0.25) is 5.91 Å². The fourth-order valence-electron chi connectivity index (χ4n) is 2.78. The number of carbonyl (C=O) groups excluding carboxylic acids is 2. The van der Waals surface area contributed by atoms with Crippen LogP contribution in [0, 0.1) is 13.8 Å². The predicted molar refractivity (Wildman–Crippen MR) is 94.2 cm³/mol. The second-order valence-electron chi connectivity index (χ2n) is 6.49. The Morgan fingerprint density at radius 3 is 2.67 bits per heavy atom. The van der Waals surface area contributed by atoms with E-state index in [2.05, 4.69) is 5.32 Å². The molecule has 0 bridgehead atoms. The van der Waals surface area contributed by atoms with Crippen LogP contribution in [0.2, 0.25) is 0 Å². The molecular formula is C18H27N3O3. The van der Waals surface area contributed by atoms with Gasteiger partial charge in [0.25, 0.3) is 0 Å². The highest BCUT2D eigenvalue weighted by Gasteiger charge is 2.25. The van der Waals surface area contributed by atoms with Crippen molar-refractivity contribution in [1.82, 2.24) is 9.80 Å². The minimum atomic E-state index is -0.197. The van der Waals surface area contributed by atoms with E-state index in [4.69, 9.17) is 4.74 Å². The summed E-state index contributed by atoms with van der Waals surface area (Å²) >= 11 is 0. The second kappa shape index (κ2) is 8.15. The first kappa shape index (κ1) is 18.3. The molecular weight excluding hydrogens is 306 g/mol. The molecule has 3 amide bonds. The van der Waals surface area contributed by atoms with Crippen LogP contribution in [0.15, 0.2) is 18.2 Å². The molecule has 6 nitrogen and oxygen atoms in total. The van der Waals surface area contributed by atoms with Crippen molar-refractivity contribution in [3.63, 3.8) is 0 Å². The summed E-state index contributed by atoms with van der Waals surface area (Å²) in [5.74, 6) is -0.197. The Hall–Kier alpha value is -2.08. The van der Waals surface area contributed by atoms with Crippen LogP contribution in [0.5, 0.6) is 0 Å². The lowest BCUT2D eigenvalue weighted by atomic mass is 10.1. The molecule has 0 aliphatic carbocycles. The highest BCUT2D eigenvalue weighted by Crippen LogP contribution is 2.18. The van der Waals surface area contributed by atoms with E-state index < -0.39 is 0 Å². The summed E-state index contributed by atoms with van der Waals surface area (Å²) in [7, 11) is 3.38. The maximum absolute atomic E-state index is 12.4. The van der Waals surface area contributed by atoms with Gasteiger partial charge in [0, 0.05) is 32.9 Å². The molecule has 1 aliphatic rings. The number of carbonyl (C=O) groups is 2. The van der Waals surface area contributed by atoms with Crippen LogP contribution in [0.1, 0.15) is 24.0 Å². The number of amides is 3. The minimum Gasteiger partial charge on any atom is -0.376 e. The smallest absolute Gasteiger partial charge is 0.320 e. The first-order valence-electron chi connectivity index (χ1n) is 8.32. The third-order valence-corrected chi connectivity index (χ3v) is 4.31. The zero-order chi connectivity index (χ0) is 17.7. The van der Waals surface area contributed by atoms with E-state index in [1.54, 1.807) is 19.0 Å². The van der Waals surface area contributed by atoms with Gasteiger partial charge in [-0.3, -0.25) is 4.79 Å². The largest absolute Gasteiger partial charge is 0.376 e. The number of hydrogen-bond acceptors (Lipinski definition) is 3. The van der Waals surface area contributed by atoms with E-state index in [1.807, 2.05) is 32.0 Å². The molecule has 132 valence electrons. The fourth-order valence-corrected chi connectivity index (χ4v) is 2.78. The minimum absolute atomic E-state index is 0.0161. The summed E-state index contributed by atoms with van der Waals surface area (Å²) < 4.78 is 5.60. The van der Waals surface area contributed by atoms with Gasteiger partial charge in [-0.25, -0.2) is 4.79 Å². The molecule has 1 fully saturated rings. The third-order valence-electron chi connectivity index (χ3n) is 4.31. The Balaban J connectivity index is 2.02. The zero-order valence-electron chi connectivity index (χ0n) is 15.0. The molecule has 24 heavy (non-hydrogen) atoms. The maximum Gasteiger partial charge on any atom is 0.320 e. The summed E-state index contributed by atoms with van der Waals surface area (Å²) in [5, 5.41) is 2.91. The highest BCUT2D eigenvalue weighted by atomic mass is 16.5. The average molecular weight is 333 g/mol. The predicted octanol–water partition coefficient (Wildman–Crippen LogP) is 2.40. The third kappa shape index (κ3) is 4.71. The van der Waals surface area contributed by atoms with Crippen molar-refractivity contribution >= 4 is 17.6 Å². The van der Waals surface area contributed by atoms with Crippen molar-refractivity contribution in [2.24, 2.45) is 0 Å². The van der Waals surface area contributed by atoms with Crippen LogP contribution >= 0.6 is 0 Å². The number of anilines is 1. The monoisotopic (exact) mass is 333 g/mol. The quantitative estimate of drug-likeness (QED) is 0.900. The number of aryl methyl sites for hydroxylation is 1. The van der Waals surface area contributed by atoms with Crippen molar-refractivity contribution in [2.75, 3.05) is 39.1 Å². The van der Waals surface area contributed by atoms with E-state index in [0.717, 1.165) is 36.3 Å². The van der Waals surface area contributed by atoms with E-state index in [-0.39, 0.29) is 24.6 Å². The van der Waals surface area contributed by atoms with Crippen LogP contribution in [-0.2, 0) is 9.53 Å². The normalized spacial score (nSPS) is 16.8. The number of rotatable bonds is 5. The molecule has 1 aromatic carbocycles. The molecule has 0 aromatic heterocycles. The SMILES string of the molecule is Cc1cccc(NC(=O)CN(C[C@H]2CCCO2)C(=O)N(C)C)c1C. The van der Waals surface area contributed by atoms with Crippen molar-refractivity contribution in [2.45, 2.75) is 32.8 Å². The van der Waals surface area contributed by atoms with Gasteiger partial charge >= 0.3 is 6.03 Å². The van der Waals surface area contributed by atoms with Crippen molar-refractivity contribution in [3.05, 3.63) is 29.3 Å². The van der Waals surface area contributed by atoms with Crippen LogP contribution in [0.4, 0.5) is 10.5 Å². The summed E-state index contributed by atoms with van der Waals surface area (Å²) in [6, 6.07) is 5.61. The molecule has 6 heteroatoms. The molecule has 2 rings (SSSR count). The van der Waals surface area contributed by atoms with Gasteiger partial charge in [-0.05, 0) is 43.9 Å². The second-order valence-corrected chi connectivity index (χ2v) is 6.49. The number of benzene rings is 1. The van der Waals surface area contributed by atoms with Crippen molar-refractivity contribution in [3.8, 4) is 0 Å². The molecule has 0 unspecified atom stereocenters. The van der Waals surface area contributed by atoms with Gasteiger partial charge in [-0.15, -0.1) is 0 Å². The summed E-state index contributed by atoms with van der Waals surface area (Å²) in [4.78, 5) is 27.8. The van der Waals surface area contributed by atoms with Crippen LogP contribution < -0.4 is 5.32 Å². The van der Waals surface area contributed by atoms with Gasteiger partial charge in [0.15, 0.2) is 0 Å². The topological polar surface area (TPSA) is 61.9 Å². The van der Waals surface area contributed by atoms with Gasteiger partial charge in [0.05, 0.1) is 6.10 Å².